The third kappa shape index (κ3) is 4.57. The monoisotopic (exact) mass is 503 g/mol. The number of nitrogens with zero attached hydrogens (tertiary/aromatic N) is 5. The summed E-state index contributed by atoms with van der Waals surface area (Å²) in [6.07, 6.45) is 7.52. The molecule has 180 valence electrons. The number of rotatable bonds is 6. The summed E-state index contributed by atoms with van der Waals surface area (Å²) in [6.45, 7) is 0. The molecular formula is C29H21N5O2S. The van der Waals surface area contributed by atoms with Gasteiger partial charge in [-0.25, -0.2) is 4.68 Å². The van der Waals surface area contributed by atoms with Gasteiger partial charge in [-0.05, 0) is 54.1 Å². The molecule has 3 aromatic heterocycles. The first kappa shape index (κ1) is 22.6. The van der Waals surface area contributed by atoms with Crippen molar-refractivity contribution in [3.05, 3.63) is 123 Å². The Balaban J connectivity index is 1.42. The van der Waals surface area contributed by atoms with E-state index in [0.29, 0.717) is 15.3 Å². The zero-order valence-corrected chi connectivity index (χ0v) is 20.7. The van der Waals surface area contributed by atoms with E-state index < -0.39 is 0 Å². The number of para-hydroxylation sites is 1. The van der Waals surface area contributed by atoms with Crippen LogP contribution < -0.4 is 14.8 Å². The van der Waals surface area contributed by atoms with E-state index in [1.54, 1.807) is 7.11 Å². The van der Waals surface area contributed by atoms with Gasteiger partial charge in [0.25, 0.3) is 5.56 Å². The molecule has 37 heavy (non-hydrogen) atoms. The van der Waals surface area contributed by atoms with Crippen LogP contribution in [0.4, 0.5) is 0 Å². The van der Waals surface area contributed by atoms with Crippen LogP contribution in [-0.2, 0) is 0 Å². The number of methoxy groups -OCH3 is 1. The van der Waals surface area contributed by atoms with E-state index in [1.807, 2.05) is 114 Å². The Bertz CT molecular complexity index is 1820. The van der Waals surface area contributed by atoms with Crippen molar-refractivity contribution in [2.75, 3.05) is 7.11 Å². The van der Waals surface area contributed by atoms with Crippen molar-refractivity contribution >= 4 is 34.5 Å². The first-order valence-electron chi connectivity index (χ1n) is 11.6. The quantitative estimate of drug-likeness (QED) is 0.329. The summed E-state index contributed by atoms with van der Waals surface area (Å²) in [6, 6.07) is 27.5. The highest BCUT2D eigenvalue weighted by atomic mass is 32.1. The van der Waals surface area contributed by atoms with Gasteiger partial charge in [-0.1, -0.05) is 65.9 Å². The number of hydrogen-bond acceptors (Lipinski definition) is 6. The largest absolute Gasteiger partial charge is 0.497 e. The molecule has 0 N–H and O–H groups in total. The molecule has 0 unspecified atom stereocenters. The predicted molar refractivity (Wildman–Crippen MR) is 147 cm³/mol. The van der Waals surface area contributed by atoms with Crippen molar-refractivity contribution in [1.29, 1.82) is 0 Å². The van der Waals surface area contributed by atoms with Gasteiger partial charge in [0.15, 0.2) is 5.82 Å². The molecule has 6 rings (SSSR count). The topological polar surface area (TPSA) is 74.3 Å². The minimum absolute atomic E-state index is 0.208. The van der Waals surface area contributed by atoms with E-state index in [4.69, 9.17) is 9.84 Å². The Kier molecular flexibility index (Phi) is 5.92. The van der Waals surface area contributed by atoms with Crippen molar-refractivity contribution < 1.29 is 4.74 Å². The van der Waals surface area contributed by atoms with Crippen LogP contribution in [0.15, 0.2) is 95.9 Å². The maximum absolute atomic E-state index is 13.2. The molecule has 0 saturated carbocycles. The minimum Gasteiger partial charge on any atom is -0.497 e. The molecule has 3 heterocycles. The van der Waals surface area contributed by atoms with Gasteiger partial charge in [0.1, 0.15) is 11.4 Å². The number of benzene rings is 3. The van der Waals surface area contributed by atoms with Crippen LogP contribution in [-0.4, -0.2) is 31.5 Å². The van der Waals surface area contributed by atoms with E-state index in [1.165, 1.54) is 15.9 Å². The van der Waals surface area contributed by atoms with Crippen molar-refractivity contribution in [2.24, 2.45) is 0 Å². The highest BCUT2D eigenvalue weighted by Crippen LogP contribution is 2.26. The lowest BCUT2D eigenvalue weighted by Gasteiger charge is -2.02. The fourth-order valence-corrected chi connectivity index (χ4v) is 4.88. The zero-order valence-electron chi connectivity index (χ0n) is 19.9. The summed E-state index contributed by atoms with van der Waals surface area (Å²) < 4.78 is 9.02. The van der Waals surface area contributed by atoms with E-state index in [-0.39, 0.29) is 5.56 Å². The lowest BCUT2D eigenvalue weighted by molar-refractivity contribution is 0.415. The number of fused-ring (bicyclic) bond motifs is 1. The molecule has 0 saturated heterocycles. The first-order chi connectivity index (χ1) is 18.2. The summed E-state index contributed by atoms with van der Waals surface area (Å²) in [5, 5.41) is 9.24. The summed E-state index contributed by atoms with van der Waals surface area (Å²) in [5.74, 6) is 1.26. The average molecular weight is 504 g/mol. The average Bonchev–Trinajstić information content (AvgIpc) is 3.63. The van der Waals surface area contributed by atoms with Crippen LogP contribution in [0.5, 0.6) is 5.75 Å². The second kappa shape index (κ2) is 9.67. The Morgan fingerprint density at radius 3 is 2.30 bits per heavy atom. The van der Waals surface area contributed by atoms with Gasteiger partial charge in [0.05, 0.1) is 17.3 Å². The number of aromatic nitrogens is 5. The molecule has 0 amide bonds. The van der Waals surface area contributed by atoms with Gasteiger partial charge in [-0.3, -0.25) is 4.79 Å². The molecule has 7 nitrogen and oxygen atoms in total. The first-order valence-corrected chi connectivity index (χ1v) is 12.4. The predicted octanol–water partition coefficient (Wildman–Crippen LogP) is 4.73. The van der Waals surface area contributed by atoms with Crippen LogP contribution in [0.2, 0.25) is 0 Å². The van der Waals surface area contributed by atoms with Gasteiger partial charge in [0, 0.05) is 17.3 Å². The molecule has 0 radical (unpaired) electrons. The second-order valence-corrected chi connectivity index (χ2v) is 9.27. The third-order valence-electron chi connectivity index (χ3n) is 5.84. The Morgan fingerprint density at radius 1 is 0.865 bits per heavy atom. The molecule has 6 aromatic rings. The van der Waals surface area contributed by atoms with E-state index >= 15 is 0 Å². The molecule has 3 aromatic carbocycles. The van der Waals surface area contributed by atoms with Gasteiger partial charge in [0.2, 0.25) is 4.96 Å². The molecule has 0 aliphatic carbocycles. The van der Waals surface area contributed by atoms with Crippen LogP contribution in [0.3, 0.4) is 0 Å². The van der Waals surface area contributed by atoms with E-state index in [2.05, 4.69) is 10.1 Å². The van der Waals surface area contributed by atoms with Crippen LogP contribution in [0.25, 0.3) is 40.1 Å². The lowest BCUT2D eigenvalue weighted by atomic mass is 10.1. The maximum atomic E-state index is 13.2. The molecule has 0 atom stereocenters. The lowest BCUT2D eigenvalue weighted by Crippen LogP contribution is -2.23. The van der Waals surface area contributed by atoms with Crippen molar-refractivity contribution in [3.63, 3.8) is 0 Å². The van der Waals surface area contributed by atoms with E-state index in [0.717, 1.165) is 33.8 Å². The fraction of sp³-hybridized carbons (Fsp3) is 0.0345. The zero-order chi connectivity index (χ0) is 25.2. The van der Waals surface area contributed by atoms with Gasteiger partial charge in [-0.15, -0.1) is 5.10 Å². The van der Waals surface area contributed by atoms with Crippen LogP contribution >= 0.6 is 11.3 Å². The van der Waals surface area contributed by atoms with Crippen LogP contribution in [0, 0.1) is 0 Å². The number of thiazole rings is 1. The number of ether oxygens (including phenoxy) is 1. The van der Waals surface area contributed by atoms with Crippen molar-refractivity contribution in [2.45, 2.75) is 0 Å². The maximum Gasteiger partial charge on any atom is 0.291 e. The van der Waals surface area contributed by atoms with E-state index in [9.17, 15) is 4.79 Å². The molecule has 0 aliphatic heterocycles. The Morgan fingerprint density at radius 2 is 1.59 bits per heavy atom. The summed E-state index contributed by atoms with van der Waals surface area (Å²) in [4.78, 5) is 18.3. The third-order valence-corrected chi connectivity index (χ3v) is 6.80. The van der Waals surface area contributed by atoms with Crippen molar-refractivity contribution in [3.8, 4) is 22.7 Å². The molecular weight excluding hydrogens is 482 g/mol. The molecule has 0 spiro atoms. The smallest absolute Gasteiger partial charge is 0.291 e. The summed E-state index contributed by atoms with van der Waals surface area (Å²) in [7, 11) is 1.64. The highest BCUT2D eigenvalue weighted by molar-refractivity contribution is 7.15. The molecule has 8 heteroatoms. The second-order valence-electron chi connectivity index (χ2n) is 8.27. The molecule has 0 fully saturated rings. The molecule has 0 aliphatic rings. The SMILES string of the molecule is COc1ccc(-c2nn(-c3ccccc3)cc2/C=c2\sc3nc(/C=C/c4ccccc4)nn3c2=O)cc1. The standard InChI is InChI=1S/C29H21N5O2S/c1-36-24-15-13-21(14-16-24)27-22(19-33(32-27)23-10-6-3-7-11-23)18-25-28(35)34-29(37-25)30-26(31-34)17-12-20-8-4-2-5-9-20/h2-19H,1H3/b17-12+,25-18-. The highest BCUT2D eigenvalue weighted by Gasteiger charge is 2.14. The van der Waals surface area contributed by atoms with Crippen molar-refractivity contribution in [1.82, 2.24) is 24.4 Å². The minimum atomic E-state index is -0.208. The Hall–Kier alpha value is -4.82. The van der Waals surface area contributed by atoms with Gasteiger partial charge >= 0.3 is 0 Å². The molecule has 0 bridgehead atoms. The summed E-state index contributed by atoms with van der Waals surface area (Å²) >= 11 is 1.31. The van der Waals surface area contributed by atoms with Crippen LogP contribution in [0.1, 0.15) is 17.0 Å². The van der Waals surface area contributed by atoms with Gasteiger partial charge < -0.3 is 4.74 Å². The normalized spacial score (nSPS) is 12.1. The fourth-order valence-electron chi connectivity index (χ4n) is 3.97. The van der Waals surface area contributed by atoms with Gasteiger partial charge in [-0.2, -0.15) is 14.6 Å². The summed E-state index contributed by atoms with van der Waals surface area (Å²) in [5.41, 5.74) is 4.26. The number of hydrogen-bond donors (Lipinski definition) is 0. The Labute approximate surface area is 216 Å².